The fraction of sp³-hybridized carbons (Fsp3) is 0.524. The zero-order valence-electron chi connectivity index (χ0n) is 17.7. The molecule has 0 unspecified atom stereocenters. The van der Waals surface area contributed by atoms with E-state index in [-0.39, 0.29) is 11.4 Å². The molecule has 4 rings (SSSR count). The third kappa shape index (κ3) is 3.89. The molecular formula is C21H28N6O2. The number of ether oxygens (including phenoxy) is 1. The number of hydrogen-bond acceptors (Lipinski definition) is 5. The Balaban J connectivity index is 1.73. The van der Waals surface area contributed by atoms with E-state index in [9.17, 15) is 4.79 Å². The molecule has 1 aliphatic carbocycles. The van der Waals surface area contributed by atoms with E-state index >= 15 is 0 Å². The van der Waals surface area contributed by atoms with Gasteiger partial charge in [0.15, 0.2) is 5.65 Å². The average Bonchev–Trinajstić information content (AvgIpc) is 3.33. The third-order valence-electron chi connectivity index (χ3n) is 5.12. The summed E-state index contributed by atoms with van der Waals surface area (Å²) >= 11 is 0. The first-order valence-corrected chi connectivity index (χ1v) is 10.0. The van der Waals surface area contributed by atoms with Crippen LogP contribution in [0, 0.1) is 6.92 Å². The summed E-state index contributed by atoms with van der Waals surface area (Å²) in [5.41, 5.74) is 3.62. The van der Waals surface area contributed by atoms with Crippen LogP contribution in [-0.2, 0) is 16.8 Å². The first-order chi connectivity index (χ1) is 13.8. The second-order valence-electron chi connectivity index (χ2n) is 8.67. The second kappa shape index (κ2) is 7.26. The largest absolute Gasteiger partial charge is 0.383 e. The number of nitrogens with one attached hydrogen (secondary N) is 1. The molecule has 1 fully saturated rings. The van der Waals surface area contributed by atoms with E-state index in [1.54, 1.807) is 18.0 Å². The van der Waals surface area contributed by atoms with Gasteiger partial charge in [0.1, 0.15) is 0 Å². The molecule has 8 nitrogen and oxygen atoms in total. The van der Waals surface area contributed by atoms with E-state index in [0.29, 0.717) is 30.3 Å². The van der Waals surface area contributed by atoms with Crippen molar-refractivity contribution in [3.8, 4) is 0 Å². The van der Waals surface area contributed by atoms with Crippen LogP contribution in [0.25, 0.3) is 11.0 Å². The maximum atomic E-state index is 13.2. The number of aromatic nitrogens is 5. The minimum atomic E-state index is -0.224. The molecule has 0 spiro atoms. The number of aryl methyl sites for hydroxylation is 1. The molecule has 0 atom stereocenters. The molecule has 0 aromatic carbocycles. The second-order valence-corrected chi connectivity index (χ2v) is 8.67. The highest BCUT2D eigenvalue weighted by molar-refractivity contribution is 6.12. The molecular weight excluding hydrogens is 368 g/mol. The van der Waals surface area contributed by atoms with E-state index in [2.05, 4.69) is 31.2 Å². The van der Waals surface area contributed by atoms with Crippen molar-refractivity contribution in [1.29, 1.82) is 0 Å². The van der Waals surface area contributed by atoms with Gasteiger partial charge in [-0.1, -0.05) is 0 Å². The van der Waals surface area contributed by atoms with E-state index in [1.165, 1.54) is 0 Å². The van der Waals surface area contributed by atoms with Crippen molar-refractivity contribution in [2.24, 2.45) is 0 Å². The number of carbonyl (C=O) groups excluding carboxylic acids is 1. The SMILES string of the molecule is COCCn1cc(NC(=O)c2cc(C3CC3)nc3c2c(C)nn3C(C)(C)C)cn1. The molecule has 1 N–H and O–H groups in total. The minimum Gasteiger partial charge on any atom is -0.383 e. The number of nitrogens with zero attached hydrogens (tertiary/aromatic N) is 5. The molecule has 1 aliphatic rings. The first-order valence-electron chi connectivity index (χ1n) is 10.0. The van der Waals surface area contributed by atoms with Gasteiger partial charge in [-0.15, -0.1) is 0 Å². The number of fused-ring (bicyclic) bond motifs is 1. The number of methoxy groups -OCH3 is 1. The Morgan fingerprint density at radius 1 is 1.34 bits per heavy atom. The van der Waals surface area contributed by atoms with E-state index in [4.69, 9.17) is 14.8 Å². The third-order valence-corrected chi connectivity index (χ3v) is 5.12. The summed E-state index contributed by atoms with van der Waals surface area (Å²) in [6, 6.07) is 1.94. The van der Waals surface area contributed by atoms with Crippen LogP contribution in [0.3, 0.4) is 0 Å². The van der Waals surface area contributed by atoms with Gasteiger partial charge < -0.3 is 10.1 Å². The number of pyridine rings is 1. The van der Waals surface area contributed by atoms with Crippen LogP contribution in [-0.4, -0.2) is 44.2 Å². The summed E-state index contributed by atoms with van der Waals surface area (Å²) < 4.78 is 8.76. The highest BCUT2D eigenvalue weighted by Crippen LogP contribution is 2.41. The fourth-order valence-electron chi connectivity index (χ4n) is 3.48. The topological polar surface area (TPSA) is 86.9 Å². The molecule has 29 heavy (non-hydrogen) atoms. The molecule has 154 valence electrons. The van der Waals surface area contributed by atoms with Crippen molar-refractivity contribution in [2.75, 3.05) is 19.0 Å². The number of anilines is 1. The van der Waals surface area contributed by atoms with Gasteiger partial charge in [-0.3, -0.25) is 9.48 Å². The molecule has 3 heterocycles. The van der Waals surface area contributed by atoms with Crippen LogP contribution < -0.4 is 5.32 Å². The number of carbonyl (C=O) groups is 1. The number of hydrogen-bond donors (Lipinski definition) is 1. The minimum absolute atomic E-state index is 0.165. The lowest BCUT2D eigenvalue weighted by molar-refractivity contribution is 0.102. The fourth-order valence-corrected chi connectivity index (χ4v) is 3.48. The molecule has 8 heteroatoms. The van der Waals surface area contributed by atoms with Crippen molar-refractivity contribution < 1.29 is 9.53 Å². The quantitative estimate of drug-likeness (QED) is 0.689. The van der Waals surface area contributed by atoms with E-state index in [0.717, 1.165) is 35.3 Å². The van der Waals surface area contributed by atoms with E-state index < -0.39 is 0 Å². The lowest BCUT2D eigenvalue weighted by atomic mass is 10.1. The molecule has 1 saturated carbocycles. The lowest BCUT2D eigenvalue weighted by Gasteiger charge is -2.20. The zero-order chi connectivity index (χ0) is 20.8. The van der Waals surface area contributed by atoms with Gasteiger partial charge in [0.05, 0.1) is 47.2 Å². The van der Waals surface area contributed by atoms with Gasteiger partial charge in [0, 0.05) is 24.9 Å². The predicted octanol–water partition coefficient (Wildman–Crippen LogP) is 3.47. The van der Waals surface area contributed by atoms with Crippen LogP contribution in [0.15, 0.2) is 18.5 Å². The Hall–Kier alpha value is -2.74. The summed E-state index contributed by atoms with van der Waals surface area (Å²) in [6.45, 7) is 9.42. The molecule has 1 amide bonds. The zero-order valence-corrected chi connectivity index (χ0v) is 17.7. The maximum absolute atomic E-state index is 13.2. The Morgan fingerprint density at radius 3 is 2.76 bits per heavy atom. The number of amides is 1. The summed E-state index contributed by atoms with van der Waals surface area (Å²) in [4.78, 5) is 18.1. The standard InChI is InChI=1S/C21H28N6O2/c1-13-18-16(20(28)23-15-11-22-26(12-15)8-9-29-5)10-17(14-6-7-14)24-19(18)27(25-13)21(2,3)4/h10-12,14H,6-9H2,1-5H3,(H,23,28). The Kier molecular flexibility index (Phi) is 4.90. The first kappa shape index (κ1) is 19.6. The van der Waals surface area contributed by atoms with Gasteiger partial charge in [-0.2, -0.15) is 10.2 Å². The Morgan fingerprint density at radius 2 is 2.10 bits per heavy atom. The molecule has 3 aromatic rings. The van der Waals surface area contributed by atoms with Crippen LogP contribution in [0.5, 0.6) is 0 Å². The van der Waals surface area contributed by atoms with Gasteiger partial charge in [0.25, 0.3) is 5.91 Å². The van der Waals surface area contributed by atoms with Crippen molar-refractivity contribution in [3.63, 3.8) is 0 Å². The number of rotatable bonds is 6. The summed E-state index contributed by atoms with van der Waals surface area (Å²) in [5, 5.41) is 12.8. The van der Waals surface area contributed by atoms with Crippen LogP contribution >= 0.6 is 0 Å². The molecule has 0 radical (unpaired) electrons. The summed E-state index contributed by atoms with van der Waals surface area (Å²) in [5.74, 6) is 0.272. The monoisotopic (exact) mass is 396 g/mol. The smallest absolute Gasteiger partial charge is 0.256 e. The van der Waals surface area contributed by atoms with Gasteiger partial charge in [0.2, 0.25) is 0 Å². The van der Waals surface area contributed by atoms with Crippen molar-refractivity contribution in [1.82, 2.24) is 24.5 Å². The molecule has 0 saturated heterocycles. The Bertz CT molecular complexity index is 1060. The predicted molar refractivity (Wildman–Crippen MR) is 111 cm³/mol. The highest BCUT2D eigenvalue weighted by Gasteiger charge is 2.30. The van der Waals surface area contributed by atoms with Gasteiger partial charge in [-0.25, -0.2) is 9.67 Å². The van der Waals surface area contributed by atoms with Crippen LogP contribution in [0.4, 0.5) is 5.69 Å². The van der Waals surface area contributed by atoms with Gasteiger partial charge in [-0.05, 0) is 46.6 Å². The van der Waals surface area contributed by atoms with Crippen molar-refractivity contribution in [3.05, 3.63) is 35.4 Å². The highest BCUT2D eigenvalue weighted by atomic mass is 16.5. The van der Waals surface area contributed by atoms with Crippen LogP contribution in [0.1, 0.15) is 61.3 Å². The molecule has 0 aliphatic heterocycles. The average molecular weight is 396 g/mol. The van der Waals surface area contributed by atoms with E-state index in [1.807, 2.05) is 23.9 Å². The van der Waals surface area contributed by atoms with Gasteiger partial charge >= 0.3 is 0 Å². The Labute approximate surface area is 170 Å². The van der Waals surface area contributed by atoms with Crippen LogP contribution in [0.2, 0.25) is 0 Å². The lowest BCUT2D eigenvalue weighted by Crippen LogP contribution is -2.23. The summed E-state index contributed by atoms with van der Waals surface area (Å²) in [6.07, 6.45) is 5.70. The van der Waals surface area contributed by atoms with Crippen molar-refractivity contribution >= 4 is 22.6 Å². The normalized spacial score (nSPS) is 14.5. The van der Waals surface area contributed by atoms with Crippen molar-refractivity contribution in [2.45, 2.75) is 58.5 Å². The molecule has 3 aromatic heterocycles. The maximum Gasteiger partial charge on any atom is 0.256 e. The molecule has 0 bridgehead atoms. The summed E-state index contributed by atoms with van der Waals surface area (Å²) in [7, 11) is 1.65.